The molecule has 4 heteroatoms. The van der Waals surface area contributed by atoms with E-state index in [1.165, 1.54) is 0 Å². The molecule has 0 bridgehead atoms. The molecule has 0 heterocycles. The van der Waals surface area contributed by atoms with Gasteiger partial charge in [-0.05, 0) is 19.8 Å². The Kier molecular flexibility index (Phi) is 8.33. The quantitative estimate of drug-likeness (QED) is 0.384. The molecule has 0 aromatic rings. The zero-order valence-electron chi connectivity index (χ0n) is 9.86. The number of esters is 1. The highest BCUT2D eigenvalue weighted by Crippen LogP contribution is 2.04. The Bertz CT molecular complexity index is 170. The number of rotatable bonds is 8. The van der Waals surface area contributed by atoms with Crippen molar-refractivity contribution in [1.29, 1.82) is 0 Å². The summed E-state index contributed by atoms with van der Waals surface area (Å²) in [6.45, 7) is 6.07. The summed E-state index contributed by atoms with van der Waals surface area (Å²) < 4.78 is 10.1. The fourth-order valence-corrected chi connectivity index (χ4v) is 1.01. The minimum Gasteiger partial charge on any atom is -0.457 e. The summed E-state index contributed by atoms with van der Waals surface area (Å²) >= 11 is 0. The van der Waals surface area contributed by atoms with Gasteiger partial charge >= 0.3 is 5.97 Å². The summed E-state index contributed by atoms with van der Waals surface area (Å²) in [5.74, 6) is -0.289. The van der Waals surface area contributed by atoms with Gasteiger partial charge < -0.3 is 14.6 Å². The molecule has 0 rings (SSSR count). The summed E-state index contributed by atoms with van der Waals surface area (Å²) in [5.41, 5.74) is 0. The molecule has 0 saturated heterocycles. The minimum atomic E-state index is -1.02. The van der Waals surface area contributed by atoms with Crippen LogP contribution in [0.15, 0.2) is 0 Å². The van der Waals surface area contributed by atoms with Crippen molar-refractivity contribution in [2.24, 2.45) is 0 Å². The molecular weight excluding hydrogens is 196 g/mol. The van der Waals surface area contributed by atoms with Crippen molar-refractivity contribution in [3.05, 3.63) is 0 Å². The summed E-state index contributed by atoms with van der Waals surface area (Å²) in [6, 6.07) is 0. The van der Waals surface area contributed by atoms with Gasteiger partial charge in [-0.15, -0.1) is 0 Å². The third kappa shape index (κ3) is 7.33. The highest BCUT2D eigenvalue weighted by atomic mass is 16.6. The molecular formula is C11H22O4. The van der Waals surface area contributed by atoms with E-state index in [2.05, 4.69) is 0 Å². The summed E-state index contributed by atoms with van der Waals surface area (Å²) in [7, 11) is 0. The third-order valence-corrected chi connectivity index (χ3v) is 1.96. The molecule has 90 valence electrons. The second-order valence-electron chi connectivity index (χ2n) is 3.56. The lowest BCUT2D eigenvalue weighted by Gasteiger charge is -2.19. The van der Waals surface area contributed by atoms with Gasteiger partial charge in [-0.1, -0.05) is 20.3 Å². The summed E-state index contributed by atoms with van der Waals surface area (Å²) in [5, 5.41) is 9.46. The lowest BCUT2D eigenvalue weighted by Crippen LogP contribution is -2.31. The minimum absolute atomic E-state index is 0.289. The topological polar surface area (TPSA) is 55.8 Å². The highest BCUT2D eigenvalue weighted by molar-refractivity contribution is 5.69. The Labute approximate surface area is 91.6 Å². The van der Waals surface area contributed by atoms with Crippen LogP contribution in [0.25, 0.3) is 0 Å². The molecule has 0 amide bonds. The Balaban J connectivity index is 3.67. The number of carbonyl (C=O) groups is 1. The van der Waals surface area contributed by atoms with Gasteiger partial charge in [0.15, 0.2) is 6.29 Å². The van der Waals surface area contributed by atoms with Gasteiger partial charge in [0.25, 0.3) is 0 Å². The van der Waals surface area contributed by atoms with Gasteiger partial charge in [0, 0.05) is 13.0 Å². The molecule has 0 aromatic carbocycles. The number of aliphatic hydroxyl groups excluding tert-OH is 1. The molecule has 0 aliphatic carbocycles. The average Bonchev–Trinajstić information content (AvgIpc) is 2.18. The van der Waals surface area contributed by atoms with Crippen LogP contribution in [0.2, 0.25) is 0 Å². The lowest BCUT2D eigenvalue weighted by molar-refractivity contribution is -0.186. The molecule has 2 unspecified atom stereocenters. The van der Waals surface area contributed by atoms with Crippen LogP contribution in [0, 0.1) is 0 Å². The van der Waals surface area contributed by atoms with E-state index in [-0.39, 0.29) is 5.97 Å². The van der Waals surface area contributed by atoms with Crippen molar-refractivity contribution in [3.8, 4) is 0 Å². The van der Waals surface area contributed by atoms with Gasteiger partial charge in [0.1, 0.15) is 6.10 Å². The Morgan fingerprint density at radius 2 is 2.00 bits per heavy atom. The number of hydrogen-bond acceptors (Lipinski definition) is 4. The molecule has 4 nitrogen and oxygen atoms in total. The lowest BCUT2D eigenvalue weighted by atomic mass is 10.3. The number of carbonyl (C=O) groups excluding carboxylic acids is 1. The van der Waals surface area contributed by atoms with E-state index in [1.54, 1.807) is 6.92 Å². The molecule has 0 fully saturated rings. The maximum absolute atomic E-state index is 11.1. The number of unbranched alkanes of at least 4 members (excludes halogenated alkanes) is 1. The second-order valence-corrected chi connectivity index (χ2v) is 3.56. The highest BCUT2D eigenvalue weighted by Gasteiger charge is 2.18. The van der Waals surface area contributed by atoms with Gasteiger partial charge in [0.05, 0.1) is 0 Å². The van der Waals surface area contributed by atoms with E-state index in [9.17, 15) is 9.90 Å². The van der Waals surface area contributed by atoms with Crippen LogP contribution in [0.3, 0.4) is 0 Å². The predicted octanol–water partition coefficient (Wildman–Crippen LogP) is 1.85. The van der Waals surface area contributed by atoms with Crippen LogP contribution >= 0.6 is 0 Å². The van der Waals surface area contributed by atoms with Crippen LogP contribution in [-0.4, -0.2) is 30.1 Å². The average molecular weight is 218 g/mol. The van der Waals surface area contributed by atoms with Crippen molar-refractivity contribution in [3.63, 3.8) is 0 Å². The standard InChI is InChI=1S/C11H22O4/c1-4-6-8-14-11(13)9(3)15-10(12)7-5-2/h9,11,13H,4-8H2,1-3H3. The van der Waals surface area contributed by atoms with Crippen molar-refractivity contribution in [2.75, 3.05) is 6.61 Å². The molecule has 0 spiro atoms. The Hall–Kier alpha value is -0.610. The van der Waals surface area contributed by atoms with E-state index < -0.39 is 12.4 Å². The van der Waals surface area contributed by atoms with Crippen LogP contribution in [0.1, 0.15) is 46.5 Å². The summed E-state index contributed by atoms with van der Waals surface area (Å²) in [4.78, 5) is 11.1. The van der Waals surface area contributed by atoms with E-state index in [0.717, 1.165) is 19.3 Å². The third-order valence-electron chi connectivity index (χ3n) is 1.96. The number of ether oxygens (including phenoxy) is 2. The van der Waals surface area contributed by atoms with Crippen molar-refractivity contribution in [2.45, 2.75) is 58.8 Å². The van der Waals surface area contributed by atoms with Crippen molar-refractivity contribution < 1.29 is 19.4 Å². The SMILES string of the molecule is CCCCOC(O)C(C)OC(=O)CCC. The van der Waals surface area contributed by atoms with Crippen LogP contribution in [0.4, 0.5) is 0 Å². The maximum atomic E-state index is 11.1. The van der Waals surface area contributed by atoms with Crippen LogP contribution < -0.4 is 0 Å². The normalized spacial score (nSPS) is 14.7. The molecule has 0 aliphatic heterocycles. The predicted molar refractivity (Wildman–Crippen MR) is 57.3 cm³/mol. The first-order valence-electron chi connectivity index (χ1n) is 5.60. The zero-order chi connectivity index (χ0) is 11.7. The molecule has 1 N–H and O–H groups in total. The van der Waals surface area contributed by atoms with E-state index in [1.807, 2.05) is 13.8 Å². The molecule has 0 aliphatic rings. The number of aliphatic hydroxyl groups is 1. The van der Waals surface area contributed by atoms with Crippen LogP contribution in [0.5, 0.6) is 0 Å². The van der Waals surface area contributed by atoms with Gasteiger partial charge in [-0.2, -0.15) is 0 Å². The first-order valence-corrected chi connectivity index (χ1v) is 5.60. The molecule has 2 atom stereocenters. The monoisotopic (exact) mass is 218 g/mol. The molecule has 0 aromatic heterocycles. The second kappa shape index (κ2) is 8.68. The zero-order valence-corrected chi connectivity index (χ0v) is 9.86. The largest absolute Gasteiger partial charge is 0.457 e. The Morgan fingerprint density at radius 3 is 2.53 bits per heavy atom. The molecule has 0 radical (unpaired) electrons. The van der Waals surface area contributed by atoms with E-state index >= 15 is 0 Å². The van der Waals surface area contributed by atoms with Gasteiger partial charge in [0.2, 0.25) is 0 Å². The molecule has 0 saturated carbocycles. The maximum Gasteiger partial charge on any atom is 0.306 e. The smallest absolute Gasteiger partial charge is 0.306 e. The van der Waals surface area contributed by atoms with Gasteiger partial charge in [-0.25, -0.2) is 0 Å². The van der Waals surface area contributed by atoms with Crippen molar-refractivity contribution >= 4 is 5.97 Å². The molecule has 15 heavy (non-hydrogen) atoms. The van der Waals surface area contributed by atoms with Crippen molar-refractivity contribution in [1.82, 2.24) is 0 Å². The van der Waals surface area contributed by atoms with E-state index in [0.29, 0.717) is 13.0 Å². The fraction of sp³-hybridized carbons (Fsp3) is 0.909. The first kappa shape index (κ1) is 14.4. The van der Waals surface area contributed by atoms with E-state index in [4.69, 9.17) is 9.47 Å². The fourth-order valence-electron chi connectivity index (χ4n) is 1.01. The first-order chi connectivity index (χ1) is 7.11. The number of hydrogen-bond donors (Lipinski definition) is 1. The Morgan fingerprint density at radius 1 is 1.33 bits per heavy atom. The van der Waals surface area contributed by atoms with Crippen LogP contribution in [-0.2, 0) is 14.3 Å². The van der Waals surface area contributed by atoms with Gasteiger partial charge in [-0.3, -0.25) is 4.79 Å². The summed E-state index contributed by atoms with van der Waals surface area (Å²) in [6.07, 6.45) is 1.42.